The molecule has 4 rings (SSSR count). The molecule has 1 aromatic heterocycles. The molecule has 5 heteroatoms. The lowest BCUT2D eigenvalue weighted by molar-refractivity contribution is 0.0881. The number of nitrogens with one attached hydrogen (secondary N) is 1. The third-order valence-corrected chi connectivity index (χ3v) is 5.57. The Bertz CT molecular complexity index is 965. The largest absolute Gasteiger partial charge is 0.350 e. The van der Waals surface area contributed by atoms with E-state index in [9.17, 15) is 4.79 Å². The molecule has 0 radical (unpaired) electrons. The summed E-state index contributed by atoms with van der Waals surface area (Å²) in [6, 6.07) is 18.3. The van der Waals surface area contributed by atoms with E-state index in [4.69, 9.17) is 0 Å². The van der Waals surface area contributed by atoms with Gasteiger partial charge in [0.1, 0.15) is 0 Å². The normalized spacial score (nSPS) is 18.3. The molecule has 5 nitrogen and oxygen atoms in total. The fraction of sp³-hybridized carbons (Fsp3) is 0.304. The molecule has 28 heavy (non-hydrogen) atoms. The predicted octanol–water partition coefficient (Wildman–Crippen LogP) is 2.88. The molecule has 1 fully saturated rings. The summed E-state index contributed by atoms with van der Waals surface area (Å²) < 4.78 is 0. The number of amides is 1. The van der Waals surface area contributed by atoms with Gasteiger partial charge in [-0.1, -0.05) is 36.4 Å². The summed E-state index contributed by atoms with van der Waals surface area (Å²) >= 11 is 0. The molecule has 0 aliphatic carbocycles. The fourth-order valence-corrected chi connectivity index (χ4v) is 3.76. The van der Waals surface area contributed by atoms with Gasteiger partial charge in [0.25, 0.3) is 5.91 Å². The van der Waals surface area contributed by atoms with E-state index in [1.165, 1.54) is 0 Å². The van der Waals surface area contributed by atoms with Crippen LogP contribution >= 0.6 is 0 Å². The quantitative estimate of drug-likeness (QED) is 0.763. The van der Waals surface area contributed by atoms with Crippen LogP contribution < -0.4 is 5.32 Å². The minimum Gasteiger partial charge on any atom is -0.350 e. The van der Waals surface area contributed by atoms with Gasteiger partial charge in [-0.2, -0.15) is 0 Å². The number of nitrogens with zero attached hydrogens (tertiary/aromatic N) is 3. The number of likely N-dealkylation sites (N-methyl/N-ethyl adjacent to an activating group) is 2. The fourth-order valence-electron chi connectivity index (χ4n) is 3.76. The van der Waals surface area contributed by atoms with E-state index < -0.39 is 0 Å². The van der Waals surface area contributed by atoms with E-state index in [2.05, 4.69) is 46.3 Å². The second kappa shape index (κ2) is 8.09. The molecular formula is C23H26N4O. The first kappa shape index (κ1) is 18.6. The molecule has 1 saturated heterocycles. The summed E-state index contributed by atoms with van der Waals surface area (Å²) in [5.41, 5.74) is 2.63. The second-order valence-corrected chi connectivity index (χ2v) is 7.56. The van der Waals surface area contributed by atoms with Crippen molar-refractivity contribution in [3.8, 4) is 11.3 Å². The highest BCUT2D eigenvalue weighted by Crippen LogP contribution is 2.26. The number of aromatic nitrogens is 1. The van der Waals surface area contributed by atoms with Crippen molar-refractivity contribution in [2.24, 2.45) is 0 Å². The summed E-state index contributed by atoms with van der Waals surface area (Å²) in [6.07, 6.45) is 1.83. The number of carbonyl (C=O) groups excluding carboxylic acids is 1. The lowest BCUT2D eigenvalue weighted by Crippen LogP contribution is -2.54. The van der Waals surface area contributed by atoms with Gasteiger partial charge in [-0.3, -0.25) is 14.7 Å². The molecule has 3 aromatic rings. The minimum absolute atomic E-state index is 0.0287. The zero-order valence-corrected chi connectivity index (χ0v) is 16.4. The van der Waals surface area contributed by atoms with Crippen LogP contribution in [0.2, 0.25) is 0 Å². The Morgan fingerprint density at radius 2 is 1.86 bits per heavy atom. The first-order valence-electron chi connectivity index (χ1n) is 9.73. The first-order chi connectivity index (χ1) is 13.6. The lowest BCUT2D eigenvalue weighted by atomic mass is 10.0. The van der Waals surface area contributed by atoms with Crippen LogP contribution in [0, 0.1) is 0 Å². The Balaban J connectivity index is 1.46. The van der Waals surface area contributed by atoms with E-state index in [0.29, 0.717) is 18.2 Å². The van der Waals surface area contributed by atoms with Gasteiger partial charge in [0.05, 0.1) is 5.69 Å². The molecule has 144 valence electrons. The number of piperazine rings is 1. The Kier molecular flexibility index (Phi) is 5.37. The number of hydrogen-bond acceptors (Lipinski definition) is 4. The second-order valence-electron chi connectivity index (χ2n) is 7.56. The van der Waals surface area contributed by atoms with E-state index in [0.717, 1.165) is 41.7 Å². The molecule has 1 atom stereocenters. The number of carbonyl (C=O) groups is 1. The third kappa shape index (κ3) is 3.91. The average molecular weight is 374 g/mol. The maximum absolute atomic E-state index is 12.6. The maximum atomic E-state index is 12.6. The van der Waals surface area contributed by atoms with Crippen molar-refractivity contribution in [3.05, 3.63) is 66.4 Å². The van der Waals surface area contributed by atoms with Crippen molar-refractivity contribution in [2.75, 3.05) is 40.3 Å². The van der Waals surface area contributed by atoms with Crippen molar-refractivity contribution < 1.29 is 4.79 Å². The smallest absolute Gasteiger partial charge is 0.251 e. The average Bonchev–Trinajstić information content (AvgIpc) is 2.74. The van der Waals surface area contributed by atoms with Crippen LogP contribution in [-0.4, -0.2) is 67.0 Å². The zero-order chi connectivity index (χ0) is 19.5. The minimum atomic E-state index is -0.0287. The summed E-state index contributed by atoms with van der Waals surface area (Å²) in [5.74, 6) is -0.0287. The molecule has 1 unspecified atom stereocenters. The van der Waals surface area contributed by atoms with Gasteiger partial charge in [-0.05, 0) is 37.7 Å². The third-order valence-electron chi connectivity index (χ3n) is 5.57. The van der Waals surface area contributed by atoms with Gasteiger partial charge in [0, 0.05) is 54.9 Å². The van der Waals surface area contributed by atoms with Crippen molar-refractivity contribution in [1.29, 1.82) is 0 Å². The summed E-state index contributed by atoms with van der Waals surface area (Å²) in [7, 11) is 4.25. The Labute approximate surface area is 166 Å². The zero-order valence-electron chi connectivity index (χ0n) is 16.4. The molecular weight excluding hydrogens is 348 g/mol. The van der Waals surface area contributed by atoms with Gasteiger partial charge < -0.3 is 10.2 Å². The van der Waals surface area contributed by atoms with Crippen LogP contribution in [0.3, 0.4) is 0 Å². The molecule has 1 amide bonds. The van der Waals surface area contributed by atoms with E-state index >= 15 is 0 Å². The van der Waals surface area contributed by atoms with Gasteiger partial charge in [0.15, 0.2) is 0 Å². The monoisotopic (exact) mass is 374 g/mol. The Morgan fingerprint density at radius 3 is 2.68 bits per heavy atom. The molecule has 1 aliphatic heterocycles. The maximum Gasteiger partial charge on any atom is 0.251 e. The van der Waals surface area contributed by atoms with Crippen LogP contribution in [0.1, 0.15) is 10.4 Å². The van der Waals surface area contributed by atoms with Gasteiger partial charge in [-0.15, -0.1) is 0 Å². The first-order valence-corrected chi connectivity index (χ1v) is 9.73. The highest BCUT2D eigenvalue weighted by molar-refractivity contribution is 5.97. The number of pyridine rings is 1. The van der Waals surface area contributed by atoms with Gasteiger partial charge in [-0.25, -0.2) is 0 Å². The summed E-state index contributed by atoms with van der Waals surface area (Å²) in [4.78, 5) is 21.8. The highest BCUT2D eigenvalue weighted by Gasteiger charge is 2.22. The van der Waals surface area contributed by atoms with Crippen molar-refractivity contribution in [1.82, 2.24) is 20.1 Å². The number of benzene rings is 2. The Hall–Kier alpha value is -2.76. The Morgan fingerprint density at radius 1 is 1.07 bits per heavy atom. The van der Waals surface area contributed by atoms with E-state index in [1.54, 1.807) is 0 Å². The van der Waals surface area contributed by atoms with Crippen LogP contribution in [-0.2, 0) is 0 Å². The number of fused-ring (bicyclic) bond motifs is 1. The van der Waals surface area contributed by atoms with Crippen LogP contribution in [0.25, 0.3) is 22.0 Å². The highest BCUT2D eigenvalue weighted by atomic mass is 16.1. The van der Waals surface area contributed by atoms with Crippen molar-refractivity contribution in [2.45, 2.75) is 6.04 Å². The lowest BCUT2D eigenvalue weighted by Gasteiger charge is -2.37. The van der Waals surface area contributed by atoms with Crippen molar-refractivity contribution in [3.63, 3.8) is 0 Å². The summed E-state index contributed by atoms with van der Waals surface area (Å²) in [5, 5.41) is 5.37. The molecule has 2 heterocycles. The van der Waals surface area contributed by atoms with E-state index in [-0.39, 0.29) is 5.91 Å². The molecule has 2 aromatic carbocycles. The summed E-state index contributed by atoms with van der Waals surface area (Å²) in [6.45, 7) is 3.74. The van der Waals surface area contributed by atoms with Gasteiger partial charge >= 0.3 is 0 Å². The van der Waals surface area contributed by atoms with Crippen molar-refractivity contribution >= 4 is 16.7 Å². The SMILES string of the molecule is CN1CCN(C)C(CNC(=O)c2ccc(-c3nccc4ccccc34)cc2)C1. The number of hydrogen-bond donors (Lipinski definition) is 1. The molecule has 1 aliphatic rings. The van der Waals surface area contributed by atoms with E-state index in [1.807, 2.05) is 48.7 Å². The molecule has 0 bridgehead atoms. The molecule has 1 N–H and O–H groups in total. The van der Waals surface area contributed by atoms with Crippen LogP contribution in [0.4, 0.5) is 0 Å². The molecule has 0 saturated carbocycles. The topological polar surface area (TPSA) is 48.5 Å². The van der Waals surface area contributed by atoms with Crippen LogP contribution in [0.15, 0.2) is 60.8 Å². The number of rotatable bonds is 4. The standard InChI is InChI=1S/C23H26N4O/c1-26-13-14-27(2)20(16-26)15-25-23(28)19-9-7-18(8-10-19)22-21-6-4-3-5-17(21)11-12-24-22/h3-12,20H,13-16H2,1-2H3,(H,25,28). The van der Waals surface area contributed by atoms with Gasteiger partial charge in [0.2, 0.25) is 0 Å². The molecule has 0 spiro atoms. The van der Waals surface area contributed by atoms with Crippen LogP contribution in [0.5, 0.6) is 0 Å². The predicted molar refractivity (Wildman–Crippen MR) is 113 cm³/mol.